The van der Waals surface area contributed by atoms with Gasteiger partial charge in [-0.3, -0.25) is 0 Å². The topological polar surface area (TPSA) is 60.0 Å². The number of fused-ring (bicyclic) bond motifs is 1. The number of benzene rings is 2. The number of ether oxygens (including phenoxy) is 3. The first-order valence-corrected chi connectivity index (χ1v) is 9.46. The molecule has 0 spiro atoms. The third-order valence-electron chi connectivity index (χ3n) is 4.34. The molecule has 0 aromatic heterocycles. The number of hydrogen-bond acceptors (Lipinski definition) is 4. The summed E-state index contributed by atoms with van der Waals surface area (Å²) in [4.78, 5) is 14.1. The molecule has 2 amide bonds. The van der Waals surface area contributed by atoms with Gasteiger partial charge >= 0.3 is 6.03 Å². The molecule has 2 aromatic rings. The molecular formula is C21H25FN2O4. The smallest absolute Gasteiger partial charge is 0.317 e. The first-order valence-electron chi connectivity index (χ1n) is 9.46. The van der Waals surface area contributed by atoms with E-state index in [1.807, 2.05) is 25.1 Å². The number of carbonyl (C=O) groups is 1. The van der Waals surface area contributed by atoms with E-state index < -0.39 is 0 Å². The van der Waals surface area contributed by atoms with Crippen LogP contribution in [0.3, 0.4) is 0 Å². The number of urea groups is 1. The van der Waals surface area contributed by atoms with E-state index in [2.05, 4.69) is 5.32 Å². The van der Waals surface area contributed by atoms with E-state index in [4.69, 9.17) is 14.2 Å². The van der Waals surface area contributed by atoms with Crippen molar-refractivity contribution in [2.45, 2.75) is 19.9 Å². The molecule has 150 valence electrons. The van der Waals surface area contributed by atoms with Gasteiger partial charge in [-0.15, -0.1) is 0 Å². The predicted molar refractivity (Wildman–Crippen MR) is 103 cm³/mol. The maximum absolute atomic E-state index is 13.5. The molecule has 1 aliphatic heterocycles. The molecule has 0 atom stereocenters. The van der Waals surface area contributed by atoms with Crippen molar-refractivity contribution in [1.82, 2.24) is 10.2 Å². The highest BCUT2D eigenvalue weighted by molar-refractivity contribution is 5.74. The molecule has 3 rings (SSSR count). The summed E-state index contributed by atoms with van der Waals surface area (Å²) in [6, 6.07) is 11.8. The van der Waals surface area contributed by atoms with E-state index in [0.29, 0.717) is 51.6 Å². The van der Waals surface area contributed by atoms with Crippen molar-refractivity contribution in [3.63, 3.8) is 0 Å². The van der Waals surface area contributed by atoms with Crippen LogP contribution in [0.5, 0.6) is 17.2 Å². The van der Waals surface area contributed by atoms with E-state index in [0.717, 1.165) is 11.3 Å². The van der Waals surface area contributed by atoms with Gasteiger partial charge in [0.15, 0.2) is 23.1 Å². The van der Waals surface area contributed by atoms with Crippen LogP contribution >= 0.6 is 0 Å². The molecule has 0 saturated carbocycles. The van der Waals surface area contributed by atoms with Gasteiger partial charge in [-0.2, -0.15) is 0 Å². The number of hydrogen-bond donors (Lipinski definition) is 1. The fourth-order valence-corrected chi connectivity index (χ4v) is 2.86. The van der Waals surface area contributed by atoms with Gasteiger partial charge in [0.25, 0.3) is 0 Å². The summed E-state index contributed by atoms with van der Waals surface area (Å²) in [5.74, 6) is 1.29. The van der Waals surface area contributed by atoms with Crippen molar-refractivity contribution in [1.29, 1.82) is 0 Å². The lowest BCUT2D eigenvalue weighted by Crippen LogP contribution is -2.40. The molecule has 28 heavy (non-hydrogen) atoms. The SMILES string of the molecule is CCN(Cc1ccc2c(c1)OCCO2)C(=O)NCCCOc1ccccc1F. The minimum atomic E-state index is -0.386. The van der Waals surface area contributed by atoms with Crippen LogP contribution in [-0.2, 0) is 6.54 Å². The zero-order chi connectivity index (χ0) is 19.8. The summed E-state index contributed by atoms with van der Waals surface area (Å²) in [7, 11) is 0. The van der Waals surface area contributed by atoms with E-state index >= 15 is 0 Å². The van der Waals surface area contributed by atoms with E-state index in [9.17, 15) is 9.18 Å². The second kappa shape index (κ2) is 9.82. The molecule has 6 nitrogen and oxygen atoms in total. The molecule has 0 bridgehead atoms. The average Bonchev–Trinajstić information content (AvgIpc) is 2.72. The zero-order valence-electron chi connectivity index (χ0n) is 15.9. The highest BCUT2D eigenvalue weighted by Crippen LogP contribution is 2.31. The average molecular weight is 388 g/mol. The van der Waals surface area contributed by atoms with Gasteiger partial charge in [0.1, 0.15) is 13.2 Å². The van der Waals surface area contributed by atoms with Gasteiger partial charge in [-0.25, -0.2) is 9.18 Å². The van der Waals surface area contributed by atoms with Crippen molar-refractivity contribution in [3.05, 3.63) is 53.8 Å². The number of nitrogens with zero attached hydrogens (tertiary/aromatic N) is 1. The van der Waals surface area contributed by atoms with Crippen molar-refractivity contribution < 1.29 is 23.4 Å². The number of nitrogens with one attached hydrogen (secondary N) is 1. The summed E-state index contributed by atoms with van der Waals surface area (Å²) in [6.07, 6.45) is 0.585. The third-order valence-corrected chi connectivity index (χ3v) is 4.34. The summed E-state index contributed by atoms with van der Waals surface area (Å²) in [5.41, 5.74) is 0.976. The van der Waals surface area contributed by atoms with Crippen LogP contribution in [0.4, 0.5) is 9.18 Å². The van der Waals surface area contributed by atoms with Crippen LogP contribution in [0.25, 0.3) is 0 Å². The first-order chi connectivity index (χ1) is 13.7. The summed E-state index contributed by atoms with van der Waals surface area (Å²) in [5, 5.41) is 2.87. The molecule has 0 radical (unpaired) electrons. The first kappa shape index (κ1) is 19.8. The Balaban J connectivity index is 1.43. The monoisotopic (exact) mass is 388 g/mol. The van der Waals surface area contributed by atoms with Gasteiger partial charge in [-0.1, -0.05) is 18.2 Å². The third kappa shape index (κ3) is 5.28. The highest BCUT2D eigenvalue weighted by Gasteiger charge is 2.15. The second-order valence-electron chi connectivity index (χ2n) is 6.36. The predicted octanol–water partition coefficient (Wildman–Crippen LogP) is 3.60. The Hall–Kier alpha value is -2.96. The molecule has 1 N–H and O–H groups in total. The fraction of sp³-hybridized carbons (Fsp3) is 0.381. The number of rotatable bonds is 8. The lowest BCUT2D eigenvalue weighted by molar-refractivity contribution is 0.171. The van der Waals surface area contributed by atoms with Crippen LogP contribution in [0.1, 0.15) is 18.9 Å². The van der Waals surface area contributed by atoms with Gasteiger partial charge in [0.2, 0.25) is 0 Å². The maximum atomic E-state index is 13.5. The summed E-state index contributed by atoms with van der Waals surface area (Å²) < 4.78 is 30.0. The number of para-hydroxylation sites is 1. The highest BCUT2D eigenvalue weighted by atomic mass is 19.1. The van der Waals surface area contributed by atoms with Gasteiger partial charge in [-0.05, 0) is 43.2 Å². The quantitative estimate of drug-likeness (QED) is 0.702. The van der Waals surface area contributed by atoms with Gasteiger partial charge < -0.3 is 24.4 Å². The Bertz CT molecular complexity index is 800. The standard InChI is InChI=1S/C21H25FN2O4/c1-2-24(15-16-8-9-19-20(14-16)28-13-12-27-19)21(25)23-10-5-11-26-18-7-4-3-6-17(18)22/h3-4,6-9,14H,2,5,10-13,15H2,1H3,(H,23,25). The van der Waals surface area contributed by atoms with Gasteiger partial charge in [0.05, 0.1) is 6.61 Å². The molecule has 7 heteroatoms. The lowest BCUT2D eigenvalue weighted by atomic mass is 10.2. The number of carbonyl (C=O) groups excluding carboxylic acids is 1. The molecule has 0 aliphatic carbocycles. The van der Waals surface area contributed by atoms with Crippen LogP contribution in [0.15, 0.2) is 42.5 Å². The van der Waals surface area contributed by atoms with Crippen LogP contribution < -0.4 is 19.5 Å². The van der Waals surface area contributed by atoms with Crippen molar-refractivity contribution in [2.75, 3.05) is 32.9 Å². The normalized spacial score (nSPS) is 12.4. The maximum Gasteiger partial charge on any atom is 0.317 e. The van der Waals surface area contributed by atoms with Crippen LogP contribution in [0, 0.1) is 5.82 Å². The van der Waals surface area contributed by atoms with E-state index in [-0.39, 0.29) is 17.6 Å². The lowest BCUT2D eigenvalue weighted by Gasteiger charge is -2.23. The molecule has 0 saturated heterocycles. The van der Waals surface area contributed by atoms with E-state index in [1.165, 1.54) is 6.07 Å². The van der Waals surface area contributed by atoms with Crippen molar-refractivity contribution >= 4 is 6.03 Å². The molecule has 0 fully saturated rings. The summed E-state index contributed by atoms with van der Waals surface area (Å²) >= 11 is 0. The summed E-state index contributed by atoms with van der Waals surface area (Å²) in [6.45, 7) is 4.84. The van der Waals surface area contributed by atoms with Crippen LogP contribution in [-0.4, -0.2) is 43.8 Å². The Labute approximate surface area is 164 Å². The fourth-order valence-electron chi connectivity index (χ4n) is 2.86. The second-order valence-corrected chi connectivity index (χ2v) is 6.36. The molecular weight excluding hydrogens is 363 g/mol. The molecule has 1 heterocycles. The minimum Gasteiger partial charge on any atom is -0.490 e. The van der Waals surface area contributed by atoms with Gasteiger partial charge in [0, 0.05) is 19.6 Å². The van der Waals surface area contributed by atoms with Crippen LogP contribution in [0.2, 0.25) is 0 Å². The minimum absolute atomic E-state index is 0.150. The Morgan fingerprint density at radius 3 is 2.75 bits per heavy atom. The van der Waals surface area contributed by atoms with Crippen molar-refractivity contribution in [3.8, 4) is 17.2 Å². The molecule has 0 unspecified atom stereocenters. The molecule has 1 aliphatic rings. The van der Waals surface area contributed by atoms with E-state index in [1.54, 1.807) is 23.1 Å². The number of amides is 2. The largest absolute Gasteiger partial charge is 0.490 e. The zero-order valence-corrected chi connectivity index (χ0v) is 15.9. The number of halogens is 1. The molecule has 2 aromatic carbocycles. The Morgan fingerprint density at radius 2 is 1.96 bits per heavy atom. The Kier molecular flexibility index (Phi) is 6.94. The van der Waals surface area contributed by atoms with Crippen molar-refractivity contribution in [2.24, 2.45) is 0 Å². The Morgan fingerprint density at radius 1 is 1.18 bits per heavy atom.